The summed E-state index contributed by atoms with van der Waals surface area (Å²) in [5.74, 6) is 1.52. The van der Waals surface area contributed by atoms with Crippen molar-refractivity contribution in [1.82, 2.24) is 4.90 Å². The van der Waals surface area contributed by atoms with E-state index in [0.717, 1.165) is 32.2 Å². The van der Waals surface area contributed by atoms with E-state index in [0.29, 0.717) is 12.0 Å². The van der Waals surface area contributed by atoms with Gasteiger partial charge in [0.15, 0.2) is 0 Å². The van der Waals surface area contributed by atoms with Gasteiger partial charge in [-0.1, -0.05) is 27.2 Å². The number of rotatable bonds is 3. The van der Waals surface area contributed by atoms with E-state index in [1.807, 2.05) is 0 Å². The molecule has 106 valence electrons. The molecule has 0 radical (unpaired) electrons. The highest BCUT2D eigenvalue weighted by Gasteiger charge is 2.46. The van der Waals surface area contributed by atoms with Crippen molar-refractivity contribution >= 4 is 0 Å². The molecule has 0 amide bonds. The summed E-state index contributed by atoms with van der Waals surface area (Å²) in [5.41, 5.74) is 6.48. The van der Waals surface area contributed by atoms with Crippen LogP contribution in [-0.2, 0) is 4.74 Å². The fourth-order valence-electron chi connectivity index (χ4n) is 4.09. The monoisotopic (exact) mass is 254 g/mol. The quantitative estimate of drug-likeness (QED) is 0.839. The Balaban J connectivity index is 2.23. The maximum Gasteiger partial charge on any atom is 0.0622 e. The molecule has 2 fully saturated rings. The van der Waals surface area contributed by atoms with Crippen molar-refractivity contribution in [3.8, 4) is 0 Å². The number of hydrogen-bond donors (Lipinski definition) is 1. The van der Waals surface area contributed by atoms with E-state index < -0.39 is 0 Å². The Labute approximate surface area is 112 Å². The highest BCUT2D eigenvalue weighted by Crippen LogP contribution is 2.42. The molecule has 1 saturated heterocycles. The molecule has 1 aliphatic heterocycles. The number of ether oxygens (including phenoxy) is 1. The molecule has 18 heavy (non-hydrogen) atoms. The van der Waals surface area contributed by atoms with E-state index in [1.165, 1.54) is 25.7 Å². The van der Waals surface area contributed by atoms with Crippen LogP contribution in [0.1, 0.15) is 46.5 Å². The molecule has 4 atom stereocenters. The summed E-state index contributed by atoms with van der Waals surface area (Å²) < 4.78 is 5.66. The van der Waals surface area contributed by atoms with E-state index in [1.54, 1.807) is 0 Å². The molecule has 1 aliphatic carbocycles. The first-order valence-electron chi connectivity index (χ1n) is 7.68. The van der Waals surface area contributed by atoms with Crippen LogP contribution in [0.25, 0.3) is 0 Å². The molecule has 4 unspecified atom stereocenters. The Hall–Kier alpha value is -0.120. The second-order valence-corrected chi connectivity index (χ2v) is 6.43. The average Bonchev–Trinajstić information content (AvgIpc) is 2.41. The lowest BCUT2D eigenvalue weighted by Gasteiger charge is -2.55. The summed E-state index contributed by atoms with van der Waals surface area (Å²) >= 11 is 0. The lowest BCUT2D eigenvalue weighted by Crippen LogP contribution is -2.66. The number of nitrogens with two attached hydrogens (primary N) is 1. The van der Waals surface area contributed by atoms with Crippen LogP contribution in [0.4, 0.5) is 0 Å². The van der Waals surface area contributed by atoms with Gasteiger partial charge in [-0.2, -0.15) is 0 Å². The van der Waals surface area contributed by atoms with Crippen LogP contribution >= 0.6 is 0 Å². The van der Waals surface area contributed by atoms with E-state index in [-0.39, 0.29) is 5.54 Å². The minimum atomic E-state index is 0.224. The molecule has 0 aromatic heterocycles. The van der Waals surface area contributed by atoms with Gasteiger partial charge < -0.3 is 10.5 Å². The molecule has 0 aromatic carbocycles. The van der Waals surface area contributed by atoms with Crippen molar-refractivity contribution in [2.75, 3.05) is 26.3 Å². The third-order valence-electron chi connectivity index (χ3n) is 5.34. The first-order valence-corrected chi connectivity index (χ1v) is 7.68. The van der Waals surface area contributed by atoms with Gasteiger partial charge in [-0.25, -0.2) is 0 Å². The largest absolute Gasteiger partial charge is 0.378 e. The number of hydrogen-bond acceptors (Lipinski definition) is 3. The lowest BCUT2D eigenvalue weighted by molar-refractivity contribution is -0.1000. The molecule has 1 saturated carbocycles. The number of nitrogens with zero attached hydrogens (tertiary/aromatic N) is 1. The van der Waals surface area contributed by atoms with Gasteiger partial charge in [0.05, 0.1) is 13.2 Å². The first kappa shape index (κ1) is 14.3. The van der Waals surface area contributed by atoms with Crippen molar-refractivity contribution in [2.24, 2.45) is 17.6 Å². The van der Waals surface area contributed by atoms with E-state index in [2.05, 4.69) is 25.7 Å². The van der Waals surface area contributed by atoms with Crippen molar-refractivity contribution in [1.29, 1.82) is 0 Å². The molecule has 3 nitrogen and oxygen atoms in total. The normalized spacial score (nSPS) is 43.0. The van der Waals surface area contributed by atoms with Gasteiger partial charge >= 0.3 is 0 Å². The zero-order valence-electron chi connectivity index (χ0n) is 12.3. The van der Waals surface area contributed by atoms with Gasteiger partial charge in [0.2, 0.25) is 0 Å². The Morgan fingerprint density at radius 1 is 1.33 bits per heavy atom. The predicted octanol–water partition coefficient (Wildman–Crippen LogP) is 2.25. The molecular formula is C15H30N2O. The molecule has 2 aliphatic rings. The zero-order valence-corrected chi connectivity index (χ0v) is 12.3. The van der Waals surface area contributed by atoms with E-state index in [4.69, 9.17) is 10.5 Å². The molecular weight excluding hydrogens is 224 g/mol. The smallest absolute Gasteiger partial charge is 0.0622 e. The SMILES string of the molecule is CCC1COCCN1C1(CN)CC(C)CCC1C. The summed E-state index contributed by atoms with van der Waals surface area (Å²) in [6.07, 6.45) is 5.13. The summed E-state index contributed by atoms with van der Waals surface area (Å²) in [4.78, 5) is 2.71. The van der Waals surface area contributed by atoms with Crippen LogP contribution in [0.2, 0.25) is 0 Å². The topological polar surface area (TPSA) is 38.5 Å². The van der Waals surface area contributed by atoms with Crippen molar-refractivity contribution < 1.29 is 4.74 Å². The highest BCUT2D eigenvalue weighted by molar-refractivity contribution is 5.02. The molecule has 2 N–H and O–H groups in total. The van der Waals surface area contributed by atoms with Crippen LogP contribution < -0.4 is 5.73 Å². The minimum Gasteiger partial charge on any atom is -0.378 e. The molecule has 3 heteroatoms. The second-order valence-electron chi connectivity index (χ2n) is 6.43. The Bertz CT molecular complexity index is 271. The van der Waals surface area contributed by atoms with Gasteiger partial charge in [0.1, 0.15) is 0 Å². The van der Waals surface area contributed by atoms with Crippen LogP contribution in [0.15, 0.2) is 0 Å². The first-order chi connectivity index (χ1) is 8.64. The van der Waals surface area contributed by atoms with Crippen LogP contribution in [0.5, 0.6) is 0 Å². The zero-order chi connectivity index (χ0) is 13.2. The molecule has 0 spiro atoms. The number of morpholine rings is 1. The minimum absolute atomic E-state index is 0.224. The van der Waals surface area contributed by atoms with Crippen molar-refractivity contribution in [3.05, 3.63) is 0 Å². The molecule has 2 rings (SSSR count). The maximum atomic E-state index is 6.26. The van der Waals surface area contributed by atoms with Crippen LogP contribution in [0.3, 0.4) is 0 Å². The Morgan fingerprint density at radius 2 is 2.11 bits per heavy atom. The molecule has 0 aromatic rings. The Morgan fingerprint density at radius 3 is 2.78 bits per heavy atom. The van der Waals surface area contributed by atoms with Crippen molar-refractivity contribution in [2.45, 2.75) is 58.0 Å². The maximum absolute atomic E-state index is 6.26. The second kappa shape index (κ2) is 5.89. The van der Waals surface area contributed by atoms with Crippen molar-refractivity contribution in [3.63, 3.8) is 0 Å². The average molecular weight is 254 g/mol. The predicted molar refractivity (Wildman–Crippen MR) is 75.6 cm³/mol. The third kappa shape index (κ3) is 2.45. The summed E-state index contributed by atoms with van der Waals surface area (Å²) in [7, 11) is 0. The third-order valence-corrected chi connectivity index (χ3v) is 5.34. The molecule has 1 heterocycles. The summed E-state index contributed by atoms with van der Waals surface area (Å²) in [6.45, 7) is 10.7. The van der Waals surface area contributed by atoms with E-state index in [9.17, 15) is 0 Å². The van der Waals surface area contributed by atoms with Gasteiger partial charge in [-0.15, -0.1) is 0 Å². The van der Waals surface area contributed by atoms with Gasteiger partial charge in [-0.3, -0.25) is 4.90 Å². The standard InChI is InChI=1S/C15H30N2O/c1-4-14-10-18-8-7-17(14)15(11-16)9-12(2)5-6-13(15)3/h12-14H,4-11,16H2,1-3H3. The van der Waals surface area contributed by atoms with Gasteiger partial charge in [-0.05, 0) is 31.1 Å². The van der Waals surface area contributed by atoms with Gasteiger partial charge in [0, 0.05) is 24.7 Å². The van der Waals surface area contributed by atoms with Crippen LogP contribution in [-0.4, -0.2) is 42.8 Å². The van der Waals surface area contributed by atoms with Gasteiger partial charge in [0.25, 0.3) is 0 Å². The van der Waals surface area contributed by atoms with E-state index >= 15 is 0 Å². The highest BCUT2D eigenvalue weighted by atomic mass is 16.5. The summed E-state index contributed by atoms with van der Waals surface area (Å²) in [6, 6.07) is 0.565. The van der Waals surface area contributed by atoms with Crippen LogP contribution in [0, 0.1) is 11.8 Å². The lowest BCUT2D eigenvalue weighted by atomic mass is 9.68. The molecule has 0 bridgehead atoms. The fraction of sp³-hybridized carbons (Fsp3) is 1.00. The summed E-state index contributed by atoms with van der Waals surface area (Å²) in [5, 5.41) is 0. The Kier molecular flexibility index (Phi) is 4.68. The fourth-order valence-corrected chi connectivity index (χ4v) is 4.09.